The van der Waals surface area contributed by atoms with E-state index >= 15 is 0 Å². The average molecular weight is 565 g/mol. The highest BCUT2D eigenvalue weighted by Gasteiger charge is 2.38. The Morgan fingerprint density at radius 3 is 2.12 bits per heavy atom. The van der Waals surface area contributed by atoms with Gasteiger partial charge in [-0.05, 0) is 36.4 Å². The fraction of sp³-hybridized carbons (Fsp3) is 0.107. The number of nitrogens with zero attached hydrogens (tertiary/aromatic N) is 4. The van der Waals surface area contributed by atoms with Gasteiger partial charge in [-0.1, -0.05) is 42.5 Å². The molecule has 0 aliphatic carbocycles. The zero-order valence-corrected chi connectivity index (χ0v) is 21.7. The molecule has 2 heterocycles. The first-order valence-electron chi connectivity index (χ1n) is 11.9. The second-order valence-corrected chi connectivity index (χ2v) is 8.64. The fourth-order valence-electron chi connectivity index (χ4n) is 3.62. The molecular weight excluding hydrogens is 541 g/mol. The van der Waals surface area contributed by atoms with Gasteiger partial charge in [0.2, 0.25) is 5.95 Å². The van der Waals surface area contributed by atoms with Gasteiger partial charge in [-0.25, -0.2) is 14.8 Å². The number of carbonyl (C=O) groups excluding carboxylic acids is 1. The first-order chi connectivity index (χ1) is 19.5. The van der Waals surface area contributed by atoms with Gasteiger partial charge in [0.05, 0.1) is 5.52 Å². The molecule has 0 aliphatic rings. The van der Waals surface area contributed by atoms with E-state index in [-0.39, 0.29) is 11.6 Å². The summed E-state index contributed by atoms with van der Waals surface area (Å²) in [6.07, 6.45) is -3.81. The Morgan fingerprint density at radius 1 is 0.878 bits per heavy atom. The van der Waals surface area contributed by atoms with E-state index in [1.165, 1.54) is 6.39 Å². The predicted octanol–water partition coefficient (Wildman–Crippen LogP) is 5.98. The summed E-state index contributed by atoms with van der Waals surface area (Å²) in [7, 11) is 3.90. The number of alkyl halides is 3. The number of carboxylic acid groups (broad SMARTS) is 1. The molecular formula is C28H23F3N6O4. The van der Waals surface area contributed by atoms with Gasteiger partial charge in [-0.15, -0.1) is 0 Å². The van der Waals surface area contributed by atoms with Crippen LogP contribution in [-0.4, -0.2) is 52.2 Å². The molecule has 13 heteroatoms. The Morgan fingerprint density at radius 2 is 1.49 bits per heavy atom. The number of hydrogen-bond acceptors (Lipinski definition) is 8. The Hall–Kier alpha value is -5.46. The number of hydrogen-bond donors (Lipinski definition) is 3. The highest BCUT2D eigenvalue weighted by Crippen LogP contribution is 2.27. The first-order valence-corrected chi connectivity index (χ1v) is 11.9. The topological polar surface area (TPSA) is 133 Å². The Bertz CT molecular complexity index is 1660. The van der Waals surface area contributed by atoms with Crippen LogP contribution in [0.15, 0.2) is 89.7 Å². The smallest absolute Gasteiger partial charge is 0.475 e. The summed E-state index contributed by atoms with van der Waals surface area (Å²) in [5, 5.41) is 14.2. The summed E-state index contributed by atoms with van der Waals surface area (Å²) in [5.74, 6) is -1.34. The van der Waals surface area contributed by atoms with Crippen molar-refractivity contribution in [3.05, 3.63) is 91.0 Å². The van der Waals surface area contributed by atoms with Crippen LogP contribution in [-0.2, 0) is 4.79 Å². The molecule has 2 aromatic heterocycles. The minimum atomic E-state index is -5.08. The third kappa shape index (κ3) is 7.15. The van der Waals surface area contributed by atoms with E-state index in [4.69, 9.17) is 14.3 Å². The molecule has 3 aromatic carbocycles. The van der Waals surface area contributed by atoms with Crippen LogP contribution in [0.5, 0.6) is 0 Å². The van der Waals surface area contributed by atoms with E-state index in [0.717, 1.165) is 28.0 Å². The number of fused-ring (bicyclic) bond motifs is 1. The van der Waals surface area contributed by atoms with Crippen molar-refractivity contribution in [2.45, 2.75) is 6.18 Å². The van der Waals surface area contributed by atoms with Gasteiger partial charge >= 0.3 is 12.1 Å². The number of halogens is 3. The Balaban J connectivity index is 0.000000493. The van der Waals surface area contributed by atoms with Gasteiger partial charge in [0.15, 0.2) is 17.8 Å². The quantitative estimate of drug-likeness (QED) is 0.228. The monoisotopic (exact) mass is 564 g/mol. The molecule has 0 aliphatic heterocycles. The van der Waals surface area contributed by atoms with Gasteiger partial charge in [0, 0.05) is 36.4 Å². The van der Waals surface area contributed by atoms with Crippen molar-refractivity contribution in [3.63, 3.8) is 0 Å². The second-order valence-electron chi connectivity index (χ2n) is 8.64. The summed E-state index contributed by atoms with van der Waals surface area (Å²) >= 11 is 0. The minimum absolute atomic E-state index is 0.231. The number of benzene rings is 3. The summed E-state index contributed by atoms with van der Waals surface area (Å²) in [6.45, 7) is 0. The number of aromatic nitrogens is 3. The Labute approximate surface area is 231 Å². The lowest BCUT2D eigenvalue weighted by molar-refractivity contribution is -0.192. The number of nitrogens with one attached hydrogen (secondary N) is 2. The lowest BCUT2D eigenvalue weighted by Crippen LogP contribution is -2.21. The molecule has 0 fully saturated rings. The number of carboxylic acids is 1. The van der Waals surface area contributed by atoms with Crippen LogP contribution in [0.2, 0.25) is 0 Å². The first kappa shape index (κ1) is 28.5. The van der Waals surface area contributed by atoms with Crippen LogP contribution in [0.1, 0.15) is 10.5 Å². The van der Waals surface area contributed by atoms with Gasteiger partial charge in [-0.3, -0.25) is 4.79 Å². The molecule has 0 saturated carbocycles. The number of anilines is 4. The molecule has 3 N–H and O–H groups in total. The van der Waals surface area contributed by atoms with Crippen LogP contribution < -0.4 is 15.5 Å². The lowest BCUT2D eigenvalue weighted by atomic mass is 10.1. The van der Waals surface area contributed by atoms with Crippen molar-refractivity contribution in [3.8, 4) is 11.3 Å². The highest BCUT2D eigenvalue weighted by atomic mass is 19.4. The van der Waals surface area contributed by atoms with Crippen molar-refractivity contribution >= 4 is 45.9 Å². The molecule has 5 rings (SSSR count). The van der Waals surface area contributed by atoms with Crippen LogP contribution >= 0.6 is 0 Å². The van der Waals surface area contributed by atoms with Crippen molar-refractivity contribution in [1.82, 2.24) is 15.0 Å². The van der Waals surface area contributed by atoms with E-state index in [0.29, 0.717) is 17.4 Å². The van der Waals surface area contributed by atoms with Gasteiger partial charge in [0.25, 0.3) is 5.91 Å². The predicted molar refractivity (Wildman–Crippen MR) is 147 cm³/mol. The van der Waals surface area contributed by atoms with Crippen molar-refractivity contribution in [1.29, 1.82) is 0 Å². The summed E-state index contributed by atoms with van der Waals surface area (Å²) in [4.78, 5) is 37.0. The summed E-state index contributed by atoms with van der Waals surface area (Å²) in [5.41, 5.74) is 3.30. The van der Waals surface area contributed by atoms with Crippen molar-refractivity contribution in [2.24, 2.45) is 0 Å². The fourth-order valence-corrected chi connectivity index (χ4v) is 3.62. The number of para-hydroxylation sites is 1. The lowest BCUT2D eigenvalue weighted by Gasteiger charge is -2.16. The molecule has 0 unspecified atom stereocenters. The standard InChI is InChI=1S/C26H22N6O2.C2HF3O2/c1-32(2)24-20-10-6-7-11-21(20)30-26(31-24)29-19-14-12-18(13-15-19)28-25(33)22-23(34-16-27-22)17-8-4-3-5-9-17;3-2(4,5)1(6)7/h3-16H,1-2H3,(H,28,33)(H,29,30,31);(H,6,7). The zero-order chi connectivity index (χ0) is 29.6. The van der Waals surface area contributed by atoms with E-state index in [2.05, 4.69) is 25.6 Å². The molecule has 1 amide bonds. The van der Waals surface area contributed by atoms with Crippen LogP contribution in [0.4, 0.5) is 36.3 Å². The number of carbonyl (C=O) groups is 2. The third-order valence-corrected chi connectivity index (χ3v) is 5.47. The van der Waals surface area contributed by atoms with E-state index in [1.54, 1.807) is 12.1 Å². The van der Waals surface area contributed by atoms with Gasteiger partial charge < -0.3 is 25.1 Å². The molecule has 0 atom stereocenters. The number of oxazole rings is 1. The van der Waals surface area contributed by atoms with Crippen LogP contribution in [0, 0.1) is 0 Å². The van der Waals surface area contributed by atoms with Crippen molar-refractivity contribution in [2.75, 3.05) is 29.6 Å². The summed E-state index contributed by atoms with van der Waals surface area (Å²) in [6, 6.07) is 24.6. The molecule has 0 radical (unpaired) electrons. The highest BCUT2D eigenvalue weighted by molar-refractivity contribution is 6.06. The maximum absolute atomic E-state index is 12.8. The molecule has 210 valence electrons. The zero-order valence-electron chi connectivity index (χ0n) is 21.7. The van der Waals surface area contributed by atoms with E-state index in [9.17, 15) is 18.0 Å². The normalized spacial score (nSPS) is 10.9. The third-order valence-electron chi connectivity index (χ3n) is 5.47. The second kappa shape index (κ2) is 12.2. The van der Waals surface area contributed by atoms with Crippen molar-refractivity contribution < 1.29 is 32.3 Å². The molecule has 10 nitrogen and oxygen atoms in total. The SMILES string of the molecule is CN(C)c1nc(Nc2ccc(NC(=O)c3ncoc3-c3ccccc3)cc2)nc2ccccc12.O=C(O)C(F)(F)F. The number of amides is 1. The van der Waals surface area contributed by atoms with E-state index < -0.39 is 12.1 Å². The van der Waals surface area contributed by atoms with E-state index in [1.807, 2.05) is 85.7 Å². The van der Waals surface area contributed by atoms with Gasteiger partial charge in [-0.2, -0.15) is 18.2 Å². The molecule has 0 bridgehead atoms. The minimum Gasteiger partial charge on any atom is -0.475 e. The van der Waals surface area contributed by atoms with Crippen LogP contribution in [0.25, 0.3) is 22.2 Å². The van der Waals surface area contributed by atoms with Crippen LogP contribution in [0.3, 0.4) is 0 Å². The molecule has 0 spiro atoms. The largest absolute Gasteiger partial charge is 0.490 e. The average Bonchev–Trinajstić information content (AvgIpc) is 3.44. The number of aliphatic carboxylic acids is 1. The Kier molecular flexibility index (Phi) is 8.46. The van der Waals surface area contributed by atoms with Gasteiger partial charge in [0.1, 0.15) is 5.82 Å². The molecule has 41 heavy (non-hydrogen) atoms. The molecule has 5 aromatic rings. The maximum Gasteiger partial charge on any atom is 0.490 e. The molecule has 0 saturated heterocycles. The summed E-state index contributed by atoms with van der Waals surface area (Å²) < 4.78 is 37.2. The maximum atomic E-state index is 12.8. The number of rotatable bonds is 6.